The highest BCUT2D eigenvalue weighted by molar-refractivity contribution is 5.94. The minimum atomic E-state index is -0.247. The Morgan fingerprint density at radius 1 is 1.08 bits per heavy atom. The Hall–Kier alpha value is -1.88. The number of nitrogens with two attached hydrogens (primary N) is 1. The molecule has 3 rings (SSSR count). The molecule has 0 bridgehead atoms. The zero-order chi connectivity index (χ0) is 17.8. The predicted octanol–water partition coefficient (Wildman–Crippen LogP) is 2.26. The van der Waals surface area contributed by atoms with Gasteiger partial charge in [0.25, 0.3) is 5.91 Å². The summed E-state index contributed by atoms with van der Waals surface area (Å²) in [6.45, 7) is 6.83. The molecule has 2 saturated heterocycles. The van der Waals surface area contributed by atoms with Crippen LogP contribution in [0.1, 0.15) is 48.5 Å². The number of hydrogen-bond donors (Lipinski definition) is 1. The zero-order valence-corrected chi connectivity index (χ0v) is 15.1. The molecule has 0 spiro atoms. The van der Waals surface area contributed by atoms with Gasteiger partial charge in [-0.1, -0.05) is 19.1 Å². The summed E-state index contributed by atoms with van der Waals surface area (Å²) in [5.74, 6) is 0.501. The van der Waals surface area contributed by atoms with Crippen LogP contribution >= 0.6 is 0 Å². The number of primary amides is 1. The van der Waals surface area contributed by atoms with E-state index in [0.717, 1.165) is 24.6 Å². The lowest BCUT2D eigenvalue weighted by atomic mass is 9.95. The zero-order valence-electron chi connectivity index (χ0n) is 15.1. The van der Waals surface area contributed by atoms with Gasteiger partial charge in [-0.15, -0.1) is 0 Å². The van der Waals surface area contributed by atoms with Crippen molar-refractivity contribution in [1.82, 2.24) is 9.80 Å². The summed E-state index contributed by atoms with van der Waals surface area (Å²) in [5, 5.41) is 0. The van der Waals surface area contributed by atoms with Crippen molar-refractivity contribution in [2.45, 2.75) is 39.2 Å². The SMILES string of the molecule is C[C@H]1CCCN(Cc2ccc(C(=O)N3CCC(C(N)=O)CC3)cc2)C1. The summed E-state index contributed by atoms with van der Waals surface area (Å²) in [5.41, 5.74) is 7.35. The molecule has 0 aliphatic carbocycles. The van der Waals surface area contributed by atoms with Gasteiger partial charge in [-0.05, 0) is 55.8 Å². The van der Waals surface area contributed by atoms with Gasteiger partial charge in [0.15, 0.2) is 0 Å². The lowest BCUT2D eigenvalue weighted by molar-refractivity contribution is -0.123. The molecule has 2 N–H and O–H groups in total. The van der Waals surface area contributed by atoms with E-state index in [4.69, 9.17) is 5.73 Å². The fourth-order valence-corrected chi connectivity index (χ4v) is 3.99. The van der Waals surface area contributed by atoms with Crippen molar-refractivity contribution >= 4 is 11.8 Å². The van der Waals surface area contributed by atoms with E-state index in [1.807, 2.05) is 17.0 Å². The Kier molecular flexibility index (Phi) is 5.74. The normalized spacial score (nSPS) is 22.8. The molecule has 1 aromatic carbocycles. The molecule has 1 aromatic rings. The topological polar surface area (TPSA) is 66.6 Å². The van der Waals surface area contributed by atoms with Crippen LogP contribution in [-0.2, 0) is 11.3 Å². The van der Waals surface area contributed by atoms with E-state index >= 15 is 0 Å². The van der Waals surface area contributed by atoms with E-state index < -0.39 is 0 Å². The molecule has 0 saturated carbocycles. The molecule has 2 fully saturated rings. The lowest BCUT2D eigenvalue weighted by Crippen LogP contribution is -2.41. The number of nitrogens with zero attached hydrogens (tertiary/aromatic N) is 2. The molecule has 0 unspecified atom stereocenters. The van der Waals surface area contributed by atoms with Crippen molar-refractivity contribution < 1.29 is 9.59 Å². The molecular formula is C20H29N3O2. The number of carbonyl (C=O) groups excluding carboxylic acids is 2. The third-order valence-corrected chi connectivity index (χ3v) is 5.53. The molecule has 2 aliphatic rings. The first-order valence-corrected chi connectivity index (χ1v) is 9.43. The Bertz CT molecular complexity index is 606. The highest BCUT2D eigenvalue weighted by Crippen LogP contribution is 2.20. The predicted molar refractivity (Wildman–Crippen MR) is 97.9 cm³/mol. The van der Waals surface area contributed by atoms with Crippen LogP contribution in [0, 0.1) is 11.8 Å². The fraction of sp³-hybridized carbons (Fsp3) is 0.600. The quantitative estimate of drug-likeness (QED) is 0.912. The van der Waals surface area contributed by atoms with Gasteiger partial charge in [-0.3, -0.25) is 14.5 Å². The van der Waals surface area contributed by atoms with E-state index in [0.29, 0.717) is 25.9 Å². The standard InChI is InChI=1S/C20H29N3O2/c1-15-3-2-10-22(13-15)14-16-4-6-18(7-5-16)20(25)23-11-8-17(9-12-23)19(21)24/h4-7,15,17H,2-3,8-14H2,1H3,(H2,21,24)/t15-/m0/s1. The van der Waals surface area contributed by atoms with Gasteiger partial charge in [-0.25, -0.2) is 0 Å². The summed E-state index contributed by atoms with van der Waals surface area (Å²) >= 11 is 0. The van der Waals surface area contributed by atoms with Crippen LogP contribution < -0.4 is 5.73 Å². The third kappa shape index (κ3) is 4.60. The van der Waals surface area contributed by atoms with Gasteiger partial charge in [-0.2, -0.15) is 0 Å². The van der Waals surface area contributed by atoms with Gasteiger partial charge in [0.1, 0.15) is 0 Å². The molecule has 5 nitrogen and oxygen atoms in total. The summed E-state index contributed by atoms with van der Waals surface area (Å²) in [4.78, 5) is 28.2. The monoisotopic (exact) mass is 343 g/mol. The Morgan fingerprint density at radius 2 is 1.76 bits per heavy atom. The average molecular weight is 343 g/mol. The number of hydrogen-bond acceptors (Lipinski definition) is 3. The van der Waals surface area contributed by atoms with Gasteiger partial charge < -0.3 is 10.6 Å². The molecule has 136 valence electrons. The summed E-state index contributed by atoms with van der Waals surface area (Å²) < 4.78 is 0. The van der Waals surface area contributed by atoms with E-state index in [1.54, 1.807) is 0 Å². The molecule has 2 amide bonds. The Morgan fingerprint density at radius 3 is 2.36 bits per heavy atom. The molecule has 1 atom stereocenters. The van der Waals surface area contributed by atoms with Gasteiger partial charge >= 0.3 is 0 Å². The largest absolute Gasteiger partial charge is 0.369 e. The molecule has 0 radical (unpaired) electrons. The van der Waals surface area contributed by atoms with Crippen LogP contribution in [0.4, 0.5) is 0 Å². The minimum absolute atomic E-state index is 0.0565. The maximum absolute atomic E-state index is 12.6. The van der Waals surface area contributed by atoms with Crippen LogP contribution in [0.15, 0.2) is 24.3 Å². The Balaban J connectivity index is 1.55. The summed E-state index contributed by atoms with van der Waals surface area (Å²) in [6.07, 6.45) is 3.95. The first-order chi connectivity index (χ1) is 12.0. The molecule has 2 heterocycles. The van der Waals surface area contributed by atoms with Crippen molar-refractivity contribution in [3.8, 4) is 0 Å². The summed E-state index contributed by atoms with van der Waals surface area (Å²) in [7, 11) is 0. The van der Waals surface area contributed by atoms with Gasteiger partial charge in [0, 0.05) is 37.7 Å². The number of piperidine rings is 2. The van der Waals surface area contributed by atoms with Crippen LogP contribution in [-0.4, -0.2) is 47.8 Å². The highest BCUT2D eigenvalue weighted by atomic mass is 16.2. The average Bonchev–Trinajstić information content (AvgIpc) is 2.62. The van der Waals surface area contributed by atoms with Gasteiger partial charge in [0.05, 0.1) is 0 Å². The molecular weight excluding hydrogens is 314 g/mol. The van der Waals surface area contributed by atoms with Crippen molar-refractivity contribution in [3.05, 3.63) is 35.4 Å². The molecule has 0 aromatic heterocycles. The van der Waals surface area contributed by atoms with E-state index in [2.05, 4.69) is 24.0 Å². The molecule has 2 aliphatic heterocycles. The van der Waals surface area contributed by atoms with Crippen molar-refractivity contribution in [3.63, 3.8) is 0 Å². The van der Waals surface area contributed by atoms with E-state index in [-0.39, 0.29) is 17.7 Å². The number of carbonyl (C=O) groups is 2. The van der Waals surface area contributed by atoms with Crippen LogP contribution in [0.2, 0.25) is 0 Å². The number of rotatable bonds is 4. The van der Waals surface area contributed by atoms with E-state index in [1.165, 1.54) is 24.9 Å². The number of amides is 2. The smallest absolute Gasteiger partial charge is 0.253 e. The minimum Gasteiger partial charge on any atom is -0.369 e. The number of likely N-dealkylation sites (tertiary alicyclic amines) is 2. The second kappa shape index (κ2) is 8.00. The fourth-order valence-electron chi connectivity index (χ4n) is 3.99. The third-order valence-electron chi connectivity index (χ3n) is 5.53. The summed E-state index contributed by atoms with van der Waals surface area (Å²) in [6, 6.07) is 8.02. The Labute approximate surface area is 150 Å². The highest BCUT2D eigenvalue weighted by Gasteiger charge is 2.26. The van der Waals surface area contributed by atoms with Crippen molar-refractivity contribution in [2.24, 2.45) is 17.6 Å². The second-order valence-electron chi connectivity index (χ2n) is 7.65. The van der Waals surface area contributed by atoms with Crippen molar-refractivity contribution in [2.75, 3.05) is 26.2 Å². The number of benzene rings is 1. The van der Waals surface area contributed by atoms with Crippen LogP contribution in [0.5, 0.6) is 0 Å². The lowest BCUT2D eigenvalue weighted by Gasteiger charge is -2.31. The van der Waals surface area contributed by atoms with E-state index in [9.17, 15) is 9.59 Å². The van der Waals surface area contributed by atoms with Gasteiger partial charge in [0.2, 0.25) is 5.91 Å². The molecule has 25 heavy (non-hydrogen) atoms. The maximum Gasteiger partial charge on any atom is 0.253 e. The first-order valence-electron chi connectivity index (χ1n) is 9.43. The maximum atomic E-state index is 12.6. The second-order valence-corrected chi connectivity index (χ2v) is 7.65. The van der Waals surface area contributed by atoms with Crippen LogP contribution in [0.3, 0.4) is 0 Å². The molecule has 5 heteroatoms. The van der Waals surface area contributed by atoms with Crippen LogP contribution in [0.25, 0.3) is 0 Å². The van der Waals surface area contributed by atoms with Crippen molar-refractivity contribution in [1.29, 1.82) is 0 Å². The first kappa shape index (κ1) is 17.9.